The summed E-state index contributed by atoms with van der Waals surface area (Å²) >= 11 is 12.0. The first-order valence-electron chi connectivity index (χ1n) is 11.8. The SMILES string of the molecule is COc1cccc(C(=O)Oc2ccc(C(=O)CN(C(=O)c3ccc(Cl)c(Cl)c3)N3C(=O)CCCC3=O)cc2)c1. The van der Waals surface area contributed by atoms with E-state index in [1.54, 1.807) is 18.2 Å². The largest absolute Gasteiger partial charge is 0.497 e. The number of hydrogen-bond donors (Lipinski definition) is 0. The molecule has 0 spiro atoms. The fourth-order valence-electron chi connectivity index (χ4n) is 3.87. The van der Waals surface area contributed by atoms with Gasteiger partial charge in [0.2, 0.25) is 11.8 Å². The van der Waals surface area contributed by atoms with E-state index in [1.807, 2.05) is 0 Å². The highest BCUT2D eigenvalue weighted by Crippen LogP contribution is 2.25. The van der Waals surface area contributed by atoms with Crippen LogP contribution in [0.4, 0.5) is 0 Å². The predicted molar refractivity (Wildman–Crippen MR) is 142 cm³/mol. The van der Waals surface area contributed by atoms with Crippen LogP contribution >= 0.6 is 23.2 Å². The Morgan fingerprint density at radius 2 is 1.49 bits per heavy atom. The number of hydrogen-bond acceptors (Lipinski definition) is 7. The van der Waals surface area contributed by atoms with Gasteiger partial charge in [0.25, 0.3) is 5.91 Å². The topological polar surface area (TPSA) is 110 Å². The highest BCUT2D eigenvalue weighted by Gasteiger charge is 2.36. The Bertz CT molecular complexity index is 1440. The smallest absolute Gasteiger partial charge is 0.343 e. The number of ether oxygens (including phenoxy) is 2. The molecule has 0 N–H and O–H groups in total. The summed E-state index contributed by atoms with van der Waals surface area (Å²) in [7, 11) is 1.48. The normalized spacial score (nSPS) is 13.2. The lowest BCUT2D eigenvalue weighted by atomic mass is 10.1. The molecule has 0 atom stereocenters. The minimum absolute atomic E-state index is 0.0446. The monoisotopic (exact) mass is 568 g/mol. The van der Waals surface area contributed by atoms with Gasteiger partial charge in [-0.1, -0.05) is 29.3 Å². The van der Waals surface area contributed by atoms with Gasteiger partial charge < -0.3 is 9.47 Å². The number of esters is 1. The van der Waals surface area contributed by atoms with Gasteiger partial charge in [-0.25, -0.2) is 9.80 Å². The summed E-state index contributed by atoms with van der Waals surface area (Å²) in [5.74, 6) is -2.44. The molecule has 0 bridgehead atoms. The third-order valence-electron chi connectivity index (χ3n) is 5.88. The van der Waals surface area contributed by atoms with E-state index in [1.165, 1.54) is 55.6 Å². The van der Waals surface area contributed by atoms with Gasteiger partial charge in [0.15, 0.2) is 5.78 Å². The number of benzene rings is 3. The fraction of sp³-hybridized carbons (Fsp3) is 0.179. The standard InChI is InChI=1S/C28H22Cl2N2O7/c1-38-21-5-2-4-19(14-21)28(37)39-20-11-8-17(9-12-20)24(33)16-31(32-25(34)6-3-7-26(32)35)27(36)18-10-13-22(29)23(30)15-18/h2,4-5,8-15H,3,6-7,16H2,1H3. The second-order valence-corrected chi connectivity index (χ2v) is 9.33. The van der Waals surface area contributed by atoms with Crippen LogP contribution in [-0.4, -0.2) is 53.1 Å². The summed E-state index contributed by atoms with van der Waals surface area (Å²) in [5, 5.41) is 1.86. The molecule has 0 unspecified atom stereocenters. The Kier molecular flexibility index (Phi) is 8.63. The van der Waals surface area contributed by atoms with Crippen molar-refractivity contribution in [2.75, 3.05) is 13.7 Å². The Hall–Kier alpha value is -4.21. The zero-order valence-corrected chi connectivity index (χ0v) is 22.2. The summed E-state index contributed by atoms with van der Waals surface area (Å²) in [6.45, 7) is -0.598. The van der Waals surface area contributed by atoms with Crippen LogP contribution in [0.1, 0.15) is 50.3 Å². The number of Topliss-reactive ketones (excluding diaryl/α,β-unsaturated/α-hetero) is 1. The van der Waals surface area contributed by atoms with E-state index in [0.717, 1.165) is 10.0 Å². The number of imide groups is 1. The van der Waals surface area contributed by atoms with Gasteiger partial charge in [0, 0.05) is 24.0 Å². The summed E-state index contributed by atoms with van der Waals surface area (Å²) < 4.78 is 10.5. The van der Waals surface area contributed by atoms with Crippen molar-refractivity contribution in [1.29, 1.82) is 0 Å². The lowest BCUT2D eigenvalue weighted by molar-refractivity contribution is -0.162. The molecule has 4 rings (SSSR count). The zero-order valence-electron chi connectivity index (χ0n) is 20.7. The second kappa shape index (κ2) is 12.1. The van der Waals surface area contributed by atoms with Crippen LogP contribution in [0.5, 0.6) is 11.5 Å². The van der Waals surface area contributed by atoms with Crippen molar-refractivity contribution in [3.63, 3.8) is 0 Å². The van der Waals surface area contributed by atoms with E-state index in [4.69, 9.17) is 32.7 Å². The van der Waals surface area contributed by atoms with Gasteiger partial charge in [0.1, 0.15) is 18.0 Å². The Labute approximate surface area is 233 Å². The van der Waals surface area contributed by atoms with Gasteiger partial charge in [-0.15, -0.1) is 0 Å². The van der Waals surface area contributed by atoms with E-state index in [2.05, 4.69) is 0 Å². The average molecular weight is 569 g/mol. The number of nitrogens with zero attached hydrogens (tertiary/aromatic N) is 2. The van der Waals surface area contributed by atoms with Crippen molar-refractivity contribution in [2.24, 2.45) is 0 Å². The number of ketones is 1. The number of carbonyl (C=O) groups excluding carboxylic acids is 5. The molecule has 3 aromatic rings. The molecule has 0 aliphatic carbocycles. The second-order valence-electron chi connectivity index (χ2n) is 8.51. The highest BCUT2D eigenvalue weighted by atomic mass is 35.5. The zero-order chi connectivity index (χ0) is 28.1. The first-order chi connectivity index (χ1) is 18.7. The molecular formula is C28H22Cl2N2O7. The first kappa shape index (κ1) is 27.8. The van der Waals surface area contributed by atoms with Crippen molar-refractivity contribution in [1.82, 2.24) is 10.0 Å². The minimum Gasteiger partial charge on any atom is -0.497 e. The maximum absolute atomic E-state index is 13.4. The van der Waals surface area contributed by atoms with Crippen LogP contribution in [0, 0.1) is 0 Å². The van der Waals surface area contributed by atoms with E-state index >= 15 is 0 Å². The minimum atomic E-state index is -0.769. The Balaban J connectivity index is 1.53. The molecule has 1 saturated heterocycles. The number of halogens is 2. The van der Waals surface area contributed by atoms with Gasteiger partial charge in [0.05, 0.1) is 22.7 Å². The highest BCUT2D eigenvalue weighted by molar-refractivity contribution is 6.42. The quantitative estimate of drug-likeness (QED) is 0.163. The molecule has 11 heteroatoms. The molecule has 3 amide bonds. The van der Waals surface area contributed by atoms with Gasteiger partial charge in [-0.3, -0.25) is 19.2 Å². The average Bonchev–Trinajstić information content (AvgIpc) is 2.93. The molecule has 0 saturated carbocycles. The molecule has 9 nitrogen and oxygen atoms in total. The maximum atomic E-state index is 13.4. The van der Waals surface area contributed by atoms with Crippen LogP contribution in [0.3, 0.4) is 0 Å². The molecule has 1 aliphatic rings. The Morgan fingerprint density at radius 1 is 0.821 bits per heavy atom. The van der Waals surface area contributed by atoms with Crippen LogP contribution < -0.4 is 9.47 Å². The number of amides is 3. The molecule has 3 aromatic carbocycles. The van der Waals surface area contributed by atoms with Gasteiger partial charge >= 0.3 is 5.97 Å². The van der Waals surface area contributed by atoms with Crippen molar-refractivity contribution in [2.45, 2.75) is 19.3 Å². The van der Waals surface area contributed by atoms with Crippen molar-refractivity contribution in [3.05, 3.63) is 93.5 Å². The molecule has 200 valence electrons. The molecule has 1 fully saturated rings. The van der Waals surface area contributed by atoms with Crippen LogP contribution in [0.25, 0.3) is 0 Å². The number of hydrazine groups is 1. The molecule has 1 aliphatic heterocycles. The first-order valence-corrected chi connectivity index (χ1v) is 12.6. The number of piperidine rings is 1. The van der Waals surface area contributed by atoms with Gasteiger partial charge in [-0.2, -0.15) is 5.01 Å². The molecular weight excluding hydrogens is 547 g/mol. The summed E-state index contributed by atoms with van der Waals surface area (Å²) in [5.41, 5.74) is 0.491. The lowest BCUT2D eigenvalue weighted by Gasteiger charge is -2.35. The molecule has 0 radical (unpaired) electrons. The third kappa shape index (κ3) is 6.45. The van der Waals surface area contributed by atoms with E-state index in [0.29, 0.717) is 12.2 Å². The number of rotatable bonds is 8. The number of methoxy groups -OCH3 is 1. The van der Waals surface area contributed by atoms with Crippen LogP contribution in [-0.2, 0) is 9.59 Å². The predicted octanol–water partition coefficient (Wildman–Crippen LogP) is 5.00. The van der Waals surface area contributed by atoms with Crippen molar-refractivity contribution < 1.29 is 33.4 Å². The summed E-state index contributed by atoms with van der Waals surface area (Å²) in [6.07, 6.45) is 0.462. The fourth-order valence-corrected chi connectivity index (χ4v) is 4.17. The molecule has 39 heavy (non-hydrogen) atoms. The number of carbonyl (C=O) groups is 5. The van der Waals surface area contributed by atoms with Crippen LogP contribution in [0.15, 0.2) is 66.7 Å². The summed E-state index contributed by atoms with van der Waals surface area (Å²) in [4.78, 5) is 64.3. The maximum Gasteiger partial charge on any atom is 0.343 e. The van der Waals surface area contributed by atoms with Crippen molar-refractivity contribution in [3.8, 4) is 11.5 Å². The third-order valence-corrected chi connectivity index (χ3v) is 6.62. The molecule has 0 aromatic heterocycles. The van der Waals surface area contributed by atoms with E-state index in [9.17, 15) is 24.0 Å². The van der Waals surface area contributed by atoms with Gasteiger partial charge in [-0.05, 0) is 67.1 Å². The summed E-state index contributed by atoms with van der Waals surface area (Å²) in [6, 6.07) is 16.2. The lowest BCUT2D eigenvalue weighted by Crippen LogP contribution is -2.56. The van der Waals surface area contributed by atoms with E-state index in [-0.39, 0.29) is 45.3 Å². The molecule has 1 heterocycles. The van der Waals surface area contributed by atoms with E-state index < -0.39 is 36.0 Å². The van der Waals surface area contributed by atoms with Crippen LogP contribution in [0.2, 0.25) is 10.0 Å². The Morgan fingerprint density at radius 3 is 2.13 bits per heavy atom. The van der Waals surface area contributed by atoms with Crippen molar-refractivity contribution >= 4 is 52.7 Å².